The first-order valence-corrected chi connectivity index (χ1v) is 22.8. The highest BCUT2D eigenvalue weighted by Crippen LogP contribution is 2.41. The molecule has 4 aromatic rings. The lowest BCUT2D eigenvalue weighted by Crippen LogP contribution is -2.62. The molecule has 354 valence electrons. The Morgan fingerprint density at radius 3 is 2.55 bits per heavy atom. The van der Waals surface area contributed by atoms with Crippen molar-refractivity contribution in [2.75, 3.05) is 40.9 Å². The molecule has 0 spiro atoms. The lowest BCUT2D eigenvalue weighted by Gasteiger charge is -2.37. The smallest absolute Gasteiger partial charge is 0.324 e. The number of rotatable bonds is 13. The third kappa shape index (κ3) is 11.1. The Kier molecular flexibility index (Phi) is 15.7. The molecule has 1 saturated heterocycles. The first-order chi connectivity index (χ1) is 31.4. The predicted octanol–water partition coefficient (Wildman–Crippen LogP) is 5.31. The van der Waals surface area contributed by atoms with Crippen LogP contribution in [0.3, 0.4) is 0 Å². The van der Waals surface area contributed by atoms with Crippen molar-refractivity contribution in [2.24, 2.45) is 16.3 Å². The molecule has 1 fully saturated rings. The fourth-order valence-electron chi connectivity index (χ4n) is 9.14. The van der Waals surface area contributed by atoms with E-state index < -0.39 is 53.1 Å². The number of aliphatic imine (C=N–C) groups is 1. The number of aromatic nitrogens is 2. The molecule has 4 amide bonds. The van der Waals surface area contributed by atoms with Crippen LogP contribution >= 0.6 is 0 Å². The van der Waals surface area contributed by atoms with Crippen molar-refractivity contribution >= 4 is 47.2 Å². The highest BCUT2D eigenvalue weighted by Gasteiger charge is 2.38. The van der Waals surface area contributed by atoms with Gasteiger partial charge in [-0.2, -0.15) is 0 Å². The van der Waals surface area contributed by atoms with E-state index in [2.05, 4.69) is 64.9 Å². The van der Waals surface area contributed by atoms with E-state index >= 15 is 0 Å². The van der Waals surface area contributed by atoms with Gasteiger partial charge in [-0.25, -0.2) is 5.43 Å². The summed E-state index contributed by atoms with van der Waals surface area (Å²) in [6.07, 6.45) is 5.14. The average molecular weight is 907 g/mol. The second kappa shape index (κ2) is 21.0. The number of hydrogen-bond acceptors (Lipinski definition) is 11. The molecule has 6 rings (SSSR count). The summed E-state index contributed by atoms with van der Waals surface area (Å²) in [6, 6.07) is 9.96. The zero-order chi connectivity index (χ0) is 48.0. The van der Waals surface area contributed by atoms with Crippen LogP contribution in [-0.4, -0.2) is 131 Å². The molecule has 0 radical (unpaired) electrons. The average Bonchev–Trinajstić information content (AvgIpc) is 3.58. The van der Waals surface area contributed by atoms with Gasteiger partial charge in [-0.1, -0.05) is 39.8 Å². The maximum atomic E-state index is 14.7. The molecule has 0 saturated carbocycles. The Morgan fingerprint density at radius 1 is 1.09 bits per heavy atom. The lowest BCUT2D eigenvalue weighted by atomic mass is 9.84. The van der Waals surface area contributed by atoms with Gasteiger partial charge in [0.05, 0.1) is 31.5 Å². The molecule has 2 aliphatic rings. The fourth-order valence-corrected chi connectivity index (χ4v) is 9.14. The van der Waals surface area contributed by atoms with Crippen LogP contribution in [0.2, 0.25) is 0 Å². The number of cyclic esters (lactones) is 1. The van der Waals surface area contributed by atoms with Crippen molar-refractivity contribution in [2.45, 2.75) is 111 Å². The number of esters is 1. The summed E-state index contributed by atoms with van der Waals surface area (Å²) in [5.41, 5.74) is 9.63. The van der Waals surface area contributed by atoms with Crippen LogP contribution in [0.15, 0.2) is 59.9 Å². The van der Waals surface area contributed by atoms with Crippen LogP contribution in [0.1, 0.15) is 77.5 Å². The van der Waals surface area contributed by atoms with Gasteiger partial charge in [-0.3, -0.25) is 39.0 Å². The summed E-state index contributed by atoms with van der Waals surface area (Å²) in [4.78, 5) is 80.4. The Morgan fingerprint density at radius 2 is 1.85 bits per heavy atom. The summed E-state index contributed by atoms with van der Waals surface area (Å²) in [6.45, 7) is 16.2. The molecule has 16 nitrogen and oxygen atoms in total. The molecule has 4 heterocycles. The van der Waals surface area contributed by atoms with Crippen molar-refractivity contribution in [3.8, 4) is 28.1 Å². The first-order valence-electron chi connectivity index (χ1n) is 22.8. The number of amides is 4. The molecule has 16 heteroatoms. The Bertz CT molecular complexity index is 2460. The number of pyridine rings is 1. The molecule has 4 atom stereocenters. The van der Waals surface area contributed by atoms with E-state index in [0.29, 0.717) is 43.5 Å². The van der Waals surface area contributed by atoms with Gasteiger partial charge in [0.25, 0.3) is 5.91 Å². The van der Waals surface area contributed by atoms with E-state index in [9.17, 15) is 29.1 Å². The van der Waals surface area contributed by atoms with Crippen molar-refractivity contribution in [3.63, 3.8) is 0 Å². The number of hydrazine groups is 1. The van der Waals surface area contributed by atoms with Crippen LogP contribution < -0.4 is 10.7 Å². The van der Waals surface area contributed by atoms with E-state index in [1.54, 1.807) is 46.2 Å². The molecule has 2 aliphatic heterocycles. The van der Waals surface area contributed by atoms with Gasteiger partial charge >= 0.3 is 5.97 Å². The minimum absolute atomic E-state index is 0.0245. The van der Waals surface area contributed by atoms with Crippen molar-refractivity contribution in [3.05, 3.63) is 71.5 Å². The van der Waals surface area contributed by atoms with Gasteiger partial charge in [0, 0.05) is 81.4 Å². The molecule has 2 aromatic heterocycles. The minimum Gasteiger partial charge on any atom is -0.508 e. The molecular formula is C50H66N8O8. The number of carbonyl (C=O) groups is 5. The maximum Gasteiger partial charge on any atom is 0.324 e. The Balaban J connectivity index is 1.43. The van der Waals surface area contributed by atoms with E-state index in [0.717, 1.165) is 38.9 Å². The number of carbonyl (C=O) groups excluding carboxylic acids is 5. The summed E-state index contributed by atoms with van der Waals surface area (Å²) in [5, 5.41) is 16.6. The van der Waals surface area contributed by atoms with Crippen molar-refractivity contribution in [1.82, 2.24) is 35.1 Å². The van der Waals surface area contributed by atoms with Gasteiger partial charge in [-0.15, -0.1) is 0 Å². The van der Waals surface area contributed by atoms with Crippen molar-refractivity contribution in [1.29, 1.82) is 0 Å². The number of phenolic OH excluding ortho intramolecular Hbond substituents is 1. The number of hydrogen-bond donors (Lipinski definition) is 3. The molecule has 0 aliphatic carbocycles. The standard InChI is InChI=1S/C50H66N8O8/c1-11-57-42-15-14-33-24-37(42)38(46(57)39-26-52-17-16-34(39)28-65-10)25-50(5,6)29-66-49(64)40-13-12-18-58(54-40)48(63)41(22-32-20-35(33)23-36(59)21-32)53-47(62)45(30(2)3)56(9)44(61)27-55(8)43(60)19-31(4)51-7/h14-17,20-21,23-24,26,30-31,40-41,45,54,59H,7,11-13,18-19,22,25,27-29H2,1-6,8-10H3,(H,53,62)/t31-,40+,41+,45+/m1/s1. The number of ether oxygens (including phenoxy) is 2. The highest BCUT2D eigenvalue weighted by atomic mass is 16.5. The van der Waals surface area contributed by atoms with Gasteiger partial charge < -0.3 is 34.3 Å². The van der Waals surface area contributed by atoms with Gasteiger partial charge in [0.1, 0.15) is 23.9 Å². The molecule has 66 heavy (non-hydrogen) atoms. The summed E-state index contributed by atoms with van der Waals surface area (Å²) in [7, 11) is 4.69. The maximum absolute atomic E-state index is 14.7. The van der Waals surface area contributed by atoms with E-state index in [-0.39, 0.29) is 50.2 Å². The molecule has 0 unspecified atom stereocenters. The second-order valence-electron chi connectivity index (χ2n) is 18.9. The molecule has 3 N–H and O–H groups in total. The van der Waals surface area contributed by atoms with E-state index in [1.165, 1.54) is 28.9 Å². The van der Waals surface area contributed by atoms with Crippen LogP contribution in [0.4, 0.5) is 0 Å². The van der Waals surface area contributed by atoms with Crippen LogP contribution in [-0.2, 0) is 59.4 Å². The molecular weight excluding hydrogens is 841 g/mol. The SMILES string of the molecule is C=N[C@H](C)CC(=O)N(C)CC(=O)N(C)[C@H](C(=O)N[C@H]1Cc2cc(O)cc(c2)-c2ccc3c(c2)c(c(-c2cnccc2COC)n3CC)CC(C)(C)COC(=O)[C@@H]2CCCN(N2)C1=O)C(C)C. The van der Waals surface area contributed by atoms with E-state index in [1.807, 2.05) is 24.4 Å². The Labute approximate surface area is 387 Å². The summed E-state index contributed by atoms with van der Waals surface area (Å²) in [5.74, 6) is -2.74. The third-order valence-electron chi connectivity index (χ3n) is 12.6. The minimum atomic E-state index is -1.19. The monoisotopic (exact) mass is 907 g/mol. The number of fused-ring (bicyclic) bond motifs is 6. The quantitative estimate of drug-likeness (QED) is 0.117. The Hall–Kier alpha value is -6.13. The number of benzene rings is 2. The zero-order valence-electron chi connectivity index (χ0n) is 39.8. The van der Waals surface area contributed by atoms with E-state index in [4.69, 9.17) is 9.47 Å². The van der Waals surface area contributed by atoms with Gasteiger partial charge in [0.2, 0.25) is 17.7 Å². The zero-order valence-corrected chi connectivity index (χ0v) is 39.8. The fraction of sp³-hybridized carbons (Fsp3) is 0.500. The number of nitrogens with one attached hydrogen (secondary N) is 2. The number of methoxy groups -OCH3 is 1. The number of likely N-dealkylation sites (N-methyl/N-ethyl adjacent to an activating group) is 2. The first kappa shape index (κ1) is 49.3. The molecule has 6 bridgehead atoms. The summed E-state index contributed by atoms with van der Waals surface area (Å²) >= 11 is 0. The number of phenols is 1. The lowest BCUT2D eigenvalue weighted by molar-refractivity contribution is -0.155. The predicted molar refractivity (Wildman–Crippen MR) is 253 cm³/mol. The van der Waals surface area contributed by atoms with Gasteiger partial charge in [0.15, 0.2) is 0 Å². The highest BCUT2D eigenvalue weighted by molar-refractivity contribution is 5.96. The second-order valence-corrected chi connectivity index (χ2v) is 18.9. The normalized spacial score (nSPS) is 18.5. The third-order valence-corrected chi connectivity index (χ3v) is 12.6. The summed E-state index contributed by atoms with van der Waals surface area (Å²) < 4.78 is 14.0. The van der Waals surface area contributed by atoms with Gasteiger partial charge in [-0.05, 0) is 104 Å². The number of aryl methyl sites for hydroxylation is 1. The molecule has 2 aromatic carbocycles. The van der Waals surface area contributed by atoms with Crippen LogP contribution in [0.25, 0.3) is 33.3 Å². The van der Waals surface area contributed by atoms with Crippen LogP contribution in [0.5, 0.6) is 5.75 Å². The largest absolute Gasteiger partial charge is 0.508 e. The van der Waals surface area contributed by atoms with Crippen molar-refractivity contribution < 1.29 is 38.6 Å². The van der Waals surface area contributed by atoms with Crippen LogP contribution in [0, 0.1) is 11.3 Å². The number of nitrogens with zero attached hydrogens (tertiary/aromatic N) is 6. The topological polar surface area (TPSA) is 188 Å². The number of aromatic hydroxyl groups is 1.